The van der Waals surface area contributed by atoms with Crippen LogP contribution in [0.5, 0.6) is 0 Å². The zero-order valence-electron chi connectivity index (χ0n) is 11.7. The molecule has 0 aliphatic heterocycles. The molecule has 1 aromatic carbocycles. The second-order valence-corrected chi connectivity index (χ2v) is 7.90. The minimum Gasteiger partial charge on any atom is -0.348 e. The highest BCUT2D eigenvalue weighted by Gasteiger charge is 2.33. The Hall–Kier alpha value is -1.89. The number of nitrogens with one attached hydrogen (secondary N) is 2. The summed E-state index contributed by atoms with van der Waals surface area (Å²) in [5.41, 5.74) is 1.21. The number of benzene rings is 1. The zero-order chi connectivity index (χ0) is 15.0. The van der Waals surface area contributed by atoms with Gasteiger partial charge in [-0.2, -0.15) is 5.10 Å². The molecule has 21 heavy (non-hydrogen) atoms. The van der Waals surface area contributed by atoms with Crippen molar-refractivity contribution >= 4 is 26.6 Å². The number of amides is 1. The van der Waals surface area contributed by atoms with Crippen molar-refractivity contribution in [3.63, 3.8) is 0 Å². The molecular weight excluding hydrogens is 290 g/mol. The van der Waals surface area contributed by atoms with Gasteiger partial charge in [-0.05, 0) is 24.8 Å². The largest absolute Gasteiger partial charge is 0.348 e. The van der Waals surface area contributed by atoms with E-state index in [1.165, 1.54) is 6.26 Å². The number of aromatic nitrogens is 2. The third-order valence-electron chi connectivity index (χ3n) is 3.79. The fraction of sp³-hybridized carbons (Fsp3) is 0.429. The molecule has 1 amide bonds. The summed E-state index contributed by atoms with van der Waals surface area (Å²) >= 11 is 0. The summed E-state index contributed by atoms with van der Waals surface area (Å²) in [6.45, 7) is 0. The van der Waals surface area contributed by atoms with Gasteiger partial charge >= 0.3 is 0 Å². The highest BCUT2D eigenvalue weighted by Crippen LogP contribution is 2.29. The predicted octanol–water partition coefficient (Wildman–Crippen LogP) is 1.12. The van der Waals surface area contributed by atoms with Crippen LogP contribution in [0, 0.1) is 5.92 Å². The molecule has 1 aliphatic carbocycles. The van der Waals surface area contributed by atoms with Crippen molar-refractivity contribution in [3.05, 3.63) is 30.0 Å². The monoisotopic (exact) mass is 307 g/mol. The van der Waals surface area contributed by atoms with Crippen molar-refractivity contribution in [2.45, 2.75) is 18.9 Å². The van der Waals surface area contributed by atoms with Crippen LogP contribution < -0.4 is 5.32 Å². The molecule has 0 bridgehead atoms. The van der Waals surface area contributed by atoms with Crippen molar-refractivity contribution in [2.75, 3.05) is 12.0 Å². The number of nitrogens with zero attached hydrogens (tertiary/aromatic N) is 1. The molecule has 1 aromatic heterocycles. The van der Waals surface area contributed by atoms with Gasteiger partial charge in [-0.3, -0.25) is 9.89 Å². The van der Waals surface area contributed by atoms with Crippen LogP contribution >= 0.6 is 0 Å². The standard InChI is InChI=1S/C14H17N3O3S/c1-21(19,20)8-9-6-10(7-9)15-14(18)13-11-4-2-3-5-12(11)16-17-13/h2-5,9-10H,6-8H2,1H3,(H,15,18)(H,16,17). The first-order chi connectivity index (χ1) is 9.92. The van der Waals surface area contributed by atoms with Crippen LogP contribution in [0.2, 0.25) is 0 Å². The zero-order valence-corrected chi connectivity index (χ0v) is 12.5. The fourth-order valence-electron chi connectivity index (χ4n) is 2.81. The number of hydrogen-bond donors (Lipinski definition) is 2. The smallest absolute Gasteiger partial charge is 0.272 e. The van der Waals surface area contributed by atoms with E-state index in [9.17, 15) is 13.2 Å². The van der Waals surface area contributed by atoms with Crippen LogP contribution in [-0.4, -0.2) is 42.6 Å². The number of aromatic amines is 1. The van der Waals surface area contributed by atoms with Gasteiger partial charge in [-0.25, -0.2) is 8.42 Å². The van der Waals surface area contributed by atoms with Crippen LogP contribution in [0.25, 0.3) is 10.9 Å². The minimum atomic E-state index is -2.94. The summed E-state index contributed by atoms with van der Waals surface area (Å²) in [6.07, 6.45) is 2.66. The van der Waals surface area contributed by atoms with E-state index in [0.29, 0.717) is 18.5 Å². The molecule has 1 fully saturated rings. The first kappa shape index (κ1) is 14.1. The Balaban J connectivity index is 1.61. The molecular formula is C14H17N3O3S. The van der Waals surface area contributed by atoms with Crippen LogP contribution in [-0.2, 0) is 9.84 Å². The number of H-pyrrole nitrogens is 1. The Morgan fingerprint density at radius 3 is 2.81 bits per heavy atom. The molecule has 1 heterocycles. The van der Waals surface area contributed by atoms with Gasteiger partial charge in [0.25, 0.3) is 5.91 Å². The number of fused-ring (bicyclic) bond motifs is 1. The van der Waals surface area contributed by atoms with Crippen molar-refractivity contribution in [3.8, 4) is 0 Å². The number of hydrogen-bond acceptors (Lipinski definition) is 4. The molecule has 1 aliphatic rings. The number of sulfone groups is 1. The van der Waals surface area contributed by atoms with Crippen LogP contribution in [0.3, 0.4) is 0 Å². The van der Waals surface area contributed by atoms with E-state index >= 15 is 0 Å². The highest BCUT2D eigenvalue weighted by atomic mass is 32.2. The Bertz CT molecular complexity index is 776. The van der Waals surface area contributed by atoms with E-state index in [4.69, 9.17) is 0 Å². The summed E-state index contributed by atoms with van der Waals surface area (Å²) in [5.74, 6) is 0.140. The van der Waals surface area contributed by atoms with Crippen molar-refractivity contribution in [1.29, 1.82) is 0 Å². The van der Waals surface area contributed by atoms with E-state index in [1.54, 1.807) is 0 Å². The lowest BCUT2D eigenvalue weighted by Crippen LogP contribution is -2.46. The molecule has 0 saturated heterocycles. The maximum atomic E-state index is 12.2. The van der Waals surface area contributed by atoms with Gasteiger partial charge in [0, 0.05) is 17.7 Å². The summed E-state index contributed by atoms with van der Waals surface area (Å²) in [7, 11) is -2.94. The maximum absolute atomic E-state index is 12.2. The number of para-hydroxylation sites is 1. The minimum absolute atomic E-state index is 0.0414. The molecule has 2 N–H and O–H groups in total. The lowest BCUT2D eigenvalue weighted by molar-refractivity contribution is 0.0893. The average molecular weight is 307 g/mol. The van der Waals surface area contributed by atoms with E-state index in [1.807, 2.05) is 24.3 Å². The molecule has 0 unspecified atom stereocenters. The molecule has 0 spiro atoms. The summed E-state index contributed by atoms with van der Waals surface area (Å²) in [4.78, 5) is 12.2. The van der Waals surface area contributed by atoms with Crippen LogP contribution in [0.15, 0.2) is 24.3 Å². The van der Waals surface area contributed by atoms with E-state index in [2.05, 4.69) is 15.5 Å². The molecule has 0 atom stereocenters. The quantitative estimate of drug-likeness (QED) is 0.885. The van der Waals surface area contributed by atoms with Crippen molar-refractivity contribution < 1.29 is 13.2 Å². The number of rotatable bonds is 4. The first-order valence-corrected chi connectivity index (χ1v) is 8.90. The van der Waals surface area contributed by atoms with Gasteiger partial charge in [-0.15, -0.1) is 0 Å². The van der Waals surface area contributed by atoms with Crippen LogP contribution in [0.1, 0.15) is 23.3 Å². The Labute approximate surface area is 122 Å². The maximum Gasteiger partial charge on any atom is 0.272 e. The number of carbonyl (C=O) groups is 1. The summed E-state index contributed by atoms with van der Waals surface area (Å²) in [6, 6.07) is 7.50. The lowest BCUT2D eigenvalue weighted by Gasteiger charge is -2.35. The third-order valence-corrected chi connectivity index (χ3v) is 4.87. The molecule has 112 valence electrons. The average Bonchev–Trinajstić information content (AvgIpc) is 2.78. The Morgan fingerprint density at radius 2 is 2.10 bits per heavy atom. The molecule has 1 saturated carbocycles. The first-order valence-electron chi connectivity index (χ1n) is 6.84. The second kappa shape index (κ2) is 5.14. The Morgan fingerprint density at radius 1 is 1.38 bits per heavy atom. The second-order valence-electron chi connectivity index (χ2n) is 5.72. The SMILES string of the molecule is CS(=O)(=O)CC1CC(NC(=O)c2n[nH]c3ccccc23)C1. The predicted molar refractivity (Wildman–Crippen MR) is 79.8 cm³/mol. The molecule has 3 rings (SSSR count). The molecule has 6 nitrogen and oxygen atoms in total. The van der Waals surface area contributed by atoms with Crippen LogP contribution in [0.4, 0.5) is 0 Å². The molecule has 2 aromatic rings. The van der Waals surface area contributed by atoms with Gasteiger partial charge in [0.05, 0.1) is 11.3 Å². The van der Waals surface area contributed by atoms with E-state index in [0.717, 1.165) is 10.9 Å². The topological polar surface area (TPSA) is 91.9 Å². The van der Waals surface area contributed by atoms with Gasteiger partial charge in [0.1, 0.15) is 9.84 Å². The van der Waals surface area contributed by atoms with E-state index < -0.39 is 9.84 Å². The number of carbonyl (C=O) groups excluding carboxylic acids is 1. The molecule has 7 heteroatoms. The highest BCUT2D eigenvalue weighted by molar-refractivity contribution is 7.90. The third kappa shape index (κ3) is 3.07. The van der Waals surface area contributed by atoms with Gasteiger partial charge in [0.15, 0.2) is 5.69 Å². The van der Waals surface area contributed by atoms with E-state index in [-0.39, 0.29) is 23.6 Å². The summed E-state index contributed by atoms with van der Waals surface area (Å²) in [5, 5.41) is 10.6. The van der Waals surface area contributed by atoms with Crippen molar-refractivity contribution in [2.24, 2.45) is 5.92 Å². The Kier molecular flexibility index (Phi) is 3.44. The summed E-state index contributed by atoms with van der Waals surface area (Å²) < 4.78 is 22.4. The normalized spacial score (nSPS) is 22.0. The van der Waals surface area contributed by atoms with Crippen molar-refractivity contribution in [1.82, 2.24) is 15.5 Å². The molecule has 0 radical (unpaired) electrons. The fourth-order valence-corrected chi connectivity index (χ4v) is 3.94. The van der Waals surface area contributed by atoms with Gasteiger partial charge in [0.2, 0.25) is 0 Å². The van der Waals surface area contributed by atoms with Gasteiger partial charge < -0.3 is 5.32 Å². The lowest BCUT2D eigenvalue weighted by atomic mass is 9.81. The van der Waals surface area contributed by atoms with Gasteiger partial charge in [-0.1, -0.05) is 18.2 Å².